The van der Waals surface area contributed by atoms with Crippen LogP contribution in [0, 0.1) is 0 Å². The van der Waals surface area contributed by atoms with Crippen LogP contribution in [0.4, 0.5) is 11.4 Å². The van der Waals surface area contributed by atoms with E-state index in [-0.39, 0.29) is 25.7 Å². The van der Waals surface area contributed by atoms with Crippen molar-refractivity contribution in [3.05, 3.63) is 48.5 Å². The van der Waals surface area contributed by atoms with Gasteiger partial charge in [-0.1, -0.05) is 24.3 Å². The van der Waals surface area contributed by atoms with Crippen LogP contribution in [0.15, 0.2) is 48.5 Å². The summed E-state index contributed by atoms with van der Waals surface area (Å²) in [6.45, 7) is -0.392. The molecule has 2 saturated heterocycles. The van der Waals surface area contributed by atoms with E-state index in [0.29, 0.717) is 12.8 Å². The zero-order valence-electron chi connectivity index (χ0n) is 16.5. The normalized spacial score (nSPS) is 31.1. The van der Waals surface area contributed by atoms with Crippen molar-refractivity contribution in [3.63, 3.8) is 0 Å². The van der Waals surface area contributed by atoms with Gasteiger partial charge in [-0.3, -0.25) is 0 Å². The molecule has 8 nitrogen and oxygen atoms in total. The second kappa shape index (κ2) is 9.30. The molecule has 8 heteroatoms. The summed E-state index contributed by atoms with van der Waals surface area (Å²) in [4.78, 5) is 0. The molecular formula is C22H28N2O6. The average Bonchev–Trinajstić information content (AvgIpc) is 3.30. The van der Waals surface area contributed by atoms with Crippen LogP contribution in [0.25, 0.3) is 11.1 Å². The number of benzene rings is 2. The van der Waals surface area contributed by atoms with Crippen molar-refractivity contribution in [2.24, 2.45) is 0 Å². The van der Waals surface area contributed by atoms with Crippen molar-refractivity contribution in [3.8, 4) is 11.1 Å². The lowest BCUT2D eigenvalue weighted by atomic mass is 10.0. The first-order valence-corrected chi connectivity index (χ1v) is 10.2. The molecule has 0 bridgehead atoms. The number of ether oxygens (including phenoxy) is 2. The number of rotatable bonds is 7. The first kappa shape index (κ1) is 21.0. The fourth-order valence-electron chi connectivity index (χ4n) is 3.86. The molecule has 2 aliphatic heterocycles. The fraction of sp³-hybridized carbons (Fsp3) is 0.455. The predicted molar refractivity (Wildman–Crippen MR) is 112 cm³/mol. The van der Waals surface area contributed by atoms with Gasteiger partial charge in [-0.25, -0.2) is 0 Å². The molecule has 6 atom stereocenters. The van der Waals surface area contributed by atoms with Gasteiger partial charge < -0.3 is 40.5 Å². The number of aliphatic hydroxyl groups is 4. The van der Waals surface area contributed by atoms with Gasteiger partial charge >= 0.3 is 0 Å². The van der Waals surface area contributed by atoms with E-state index in [9.17, 15) is 20.4 Å². The molecule has 6 N–H and O–H groups in total. The molecule has 4 rings (SSSR count). The van der Waals surface area contributed by atoms with Crippen molar-refractivity contribution in [2.45, 2.75) is 49.7 Å². The molecule has 6 unspecified atom stereocenters. The number of hydrogen-bond donors (Lipinski definition) is 6. The van der Waals surface area contributed by atoms with E-state index in [1.807, 2.05) is 48.5 Å². The maximum Gasteiger partial charge on any atom is 0.130 e. The molecule has 0 saturated carbocycles. The second-order valence-electron chi connectivity index (χ2n) is 7.74. The van der Waals surface area contributed by atoms with E-state index in [1.54, 1.807) is 0 Å². The Bertz CT molecular complexity index is 746. The first-order valence-electron chi connectivity index (χ1n) is 10.2. The third-order valence-corrected chi connectivity index (χ3v) is 5.57. The van der Waals surface area contributed by atoms with Gasteiger partial charge in [0.25, 0.3) is 0 Å². The summed E-state index contributed by atoms with van der Waals surface area (Å²) >= 11 is 0. The molecule has 2 aromatic carbocycles. The summed E-state index contributed by atoms with van der Waals surface area (Å²) < 4.78 is 11.1. The molecular weight excluding hydrogens is 388 g/mol. The van der Waals surface area contributed by atoms with E-state index >= 15 is 0 Å². The molecule has 0 aromatic heterocycles. The monoisotopic (exact) mass is 416 g/mol. The summed E-state index contributed by atoms with van der Waals surface area (Å²) in [6.07, 6.45) is -2.18. The number of aliphatic hydroxyl groups excluding tert-OH is 4. The predicted octanol–water partition coefficient (Wildman–Crippen LogP) is 1.11. The van der Waals surface area contributed by atoms with E-state index < -0.39 is 24.4 Å². The minimum absolute atomic E-state index is 0.196. The molecule has 0 radical (unpaired) electrons. The summed E-state index contributed by atoms with van der Waals surface area (Å²) in [5.41, 5.74) is 3.87. The Morgan fingerprint density at radius 3 is 1.33 bits per heavy atom. The fourth-order valence-corrected chi connectivity index (χ4v) is 3.86. The van der Waals surface area contributed by atoms with Crippen LogP contribution in [-0.4, -0.2) is 70.5 Å². The van der Waals surface area contributed by atoms with Crippen molar-refractivity contribution in [1.82, 2.24) is 0 Å². The number of hydrogen-bond acceptors (Lipinski definition) is 8. The number of nitrogens with one attached hydrogen (secondary N) is 2. The standard InChI is InChI=1S/C22H28N2O6/c25-11-19-17(27)9-21(29-19)23-15-5-1-13(2-6-15)14-3-7-16(8-4-14)24-22-10-18(28)20(12-26)30-22/h1-8,17-28H,9-12H2. The third-order valence-electron chi connectivity index (χ3n) is 5.57. The Labute approximate surface area is 175 Å². The topological polar surface area (TPSA) is 123 Å². The van der Waals surface area contributed by atoms with Gasteiger partial charge in [0.15, 0.2) is 0 Å². The van der Waals surface area contributed by atoms with Crippen LogP contribution >= 0.6 is 0 Å². The zero-order chi connectivity index (χ0) is 21.1. The maximum atomic E-state index is 9.82. The van der Waals surface area contributed by atoms with Gasteiger partial charge in [-0.05, 0) is 35.4 Å². The van der Waals surface area contributed by atoms with Crippen LogP contribution in [0.1, 0.15) is 12.8 Å². The van der Waals surface area contributed by atoms with Crippen LogP contribution in [0.2, 0.25) is 0 Å². The lowest BCUT2D eigenvalue weighted by Gasteiger charge is -2.16. The van der Waals surface area contributed by atoms with Crippen molar-refractivity contribution >= 4 is 11.4 Å². The Morgan fingerprint density at radius 2 is 1.03 bits per heavy atom. The summed E-state index contributed by atoms with van der Waals surface area (Å²) in [5.74, 6) is 0. The smallest absolute Gasteiger partial charge is 0.130 e. The van der Waals surface area contributed by atoms with Crippen LogP contribution in [0.5, 0.6) is 0 Å². The Kier molecular flexibility index (Phi) is 6.52. The van der Waals surface area contributed by atoms with E-state index in [0.717, 1.165) is 22.5 Å². The first-order chi connectivity index (χ1) is 14.6. The minimum Gasteiger partial charge on any atom is -0.394 e. The largest absolute Gasteiger partial charge is 0.394 e. The Morgan fingerprint density at radius 1 is 0.667 bits per heavy atom. The van der Waals surface area contributed by atoms with E-state index in [2.05, 4.69) is 10.6 Å². The van der Waals surface area contributed by atoms with Gasteiger partial charge in [0.05, 0.1) is 25.4 Å². The highest BCUT2D eigenvalue weighted by molar-refractivity contribution is 5.68. The molecule has 2 aliphatic rings. The summed E-state index contributed by atoms with van der Waals surface area (Å²) in [5, 5.41) is 44.4. The van der Waals surface area contributed by atoms with Crippen molar-refractivity contribution in [2.75, 3.05) is 23.8 Å². The van der Waals surface area contributed by atoms with Crippen LogP contribution in [-0.2, 0) is 9.47 Å². The lowest BCUT2D eigenvalue weighted by Crippen LogP contribution is -2.25. The number of anilines is 2. The Hall–Kier alpha value is -2.20. The van der Waals surface area contributed by atoms with Crippen LogP contribution in [0.3, 0.4) is 0 Å². The quantitative estimate of drug-likeness (QED) is 0.397. The summed E-state index contributed by atoms with van der Waals surface area (Å²) in [7, 11) is 0. The van der Waals surface area contributed by atoms with Gasteiger partial charge in [0, 0.05) is 24.2 Å². The van der Waals surface area contributed by atoms with Gasteiger partial charge in [0.1, 0.15) is 24.7 Å². The highest BCUT2D eigenvalue weighted by Gasteiger charge is 2.34. The Balaban J connectivity index is 1.33. The SMILES string of the molecule is OCC1OC(Nc2ccc(-c3ccc(NC4CC(O)C(CO)O4)cc3)cc2)CC1O. The van der Waals surface area contributed by atoms with Crippen molar-refractivity contribution < 1.29 is 29.9 Å². The summed E-state index contributed by atoms with van der Waals surface area (Å²) in [6, 6.07) is 15.8. The highest BCUT2D eigenvalue weighted by atomic mass is 16.5. The molecule has 0 aliphatic carbocycles. The van der Waals surface area contributed by atoms with Gasteiger partial charge in [0.2, 0.25) is 0 Å². The molecule has 2 aromatic rings. The van der Waals surface area contributed by atoms with Gasteiger partial charge in [-0.15, -0.1) is 0 Å². The van der Waals surface area contributed by atoms with E-state index in [1.165, 1.54) is 0 Å². The zero-order valence-corrected chi connectivity index (χ0v) is 16.5. The highest BCUT2D eigenvalue weighted by Crippen LogP contribution is 2.27. The molecule has 162 valence electrons. The van der Waals surface area contributed by atoms with Crippen LogP contribution < -0.4 is 10.6 Å². The lowest BCUT2D eigenvalue weighted by molar-refractivity contribution is -0.0149. The maximum absolute atomic E-state index is 9.82. The minimum atomic E-state index is -0.661. The van der Waals surface area contributed by atoms with E-state index in [4.69, 9.17) is 9.47 Å². The average molecular weight is 416 g/mol. The molecule has 0 spiro atoms. The van der Waals surface area contributed by atoms with Crippen molar-refractivity contribution in [1.29, 1.82) is 0 Å². The molecule has 2 fully saturated rings. The third kappa shape index (κ3) is 4.75. The van der Waals surface area contributed by atoms with Gasteiger partial charge in [-0.2, -0.15) is 0 Å². The molecule has 30 heavy (non-hydrogen) atoms. The second-order valence-corrected chi connectivity index (χ2v) is 7.74. The molecule has 2 heterocycles. The molecule has 0 amide bonds.